The lowest BCUT2D eigenvalue weighted by molar-refractivity contribution is 0.0734. The molecular formula is C29H28O7. The SMILES string of the molecule is COc1ccc(/C=C2\Oc3cc(OC(=O)c4ccc(C(C)(C)C)cc4)ccc3C2=O)c(OC)c1OC. The highest BCUT2D eigenvalue weighted by Gasteiger charge is 2.29. The van der Waals surface area contributed by atoms with Crippen LogP contribution in [0.1, 0.15) is 52.6 Å². The summed E-state index contributed by atoms with van der Waals surface area (Å²) < 4.78 is 27.6. The molecule has 3 aromatic rings. The molecule has 0 bridgehead atoms. The molecule has 1 aliphatic rings. The number of esters is 1. The standard InChI is InChI=1S/C29H28O7/c1-29(2,3)19-10-7-17(8-11-19)28(31)35-20-12-13-21-23(16-20)36-24(25(21)30)15-18-9-14-22(32-4)27(34-6)26(18)33-5/h7-16H,1-6H3/b24-15-. The third-order valence-electron chi connectivity index (χ3n) is 5.86. The zero-order valence-electron chi connectivity index (χ0n) is 21.1. The van der Waals surface area contributed by atoms with Gasteiger partial charge in [-0.2, -0.15) is 0 Å². The molecule has 0 aromatic heterocycles. The van der Waals surface area contributed by atoms with Crippen molar-refractivity contribution >= 4 is 17.8 Å². The highest BCUT2D eigenvalue weighted by molar-refractivity contribution is 6.14. The van der Waals surface area contributed by atoms with E-state index in [0.717, 1.165) is 5.56 Å². The van der Waals surface area contributed by atoms with E-state index in [1.165, 1.54) is 27.4 Å². The molecule has 0 amide bonds. The lowest BCUT2D eigenvalue weighted by atomic mass is 9.87. The van der Waals surface area contributed by atoms with Crippen LogP contribution in [0.15, 0.2) is 60.4 Å². The van der Waals surface area contributed by atoms with Gasteiger partial charge in [0.15, 0.2) is 17.3 Å². The average molecular weight is 489 g/mol. The molecule has 0 unspecified atom stereocenters. The van der Waals surface area contributed by atoms with E-state index in [0.29, 0.717) is 39.7 Å². The summed E-state index contributed by atoms with van der Waals surface area (Å²) in [5.41, 5.74) is 2.49. The fourth-order valence-corrected chi connectivity index (χ4v) is 3.88. The molecule has 0 aliphatic carbocycles. The van der Waals surface area contributed by atoms with Crippen LogP contribution >= 0.6 is 0 Å². The first-order valence-corrected chi connectivity index (χ1v) is 11.4. The third-order valence-corrected chi connectivity index (χ3v) is 5.86. The Kier molecular flexibility index (Phi) is 6.75. The van der Waals surface area contributed by atoms with Crippen LogP contribution in [0.5, 0.6) is 28.7 Å². The summed E-state index contributed by atoms with van der Waals surface area (Å²) in [4.78, 5) is 25.6. The van der Waals surface area contributed by atoms with E-state index >= 15 is 0 Å². The number of carbonyl (C=O) groups excluding carboxylic acids is 2. The number of methoxy groups -OCH3 is 3. The molecule has 1 heterocycles. The Bertz CT molecular complexity index is 1350. The number of hydrogen-bond donors (Lipinski definition) is 0. The summed E-state index contributed by atoms with van der Waals surface area (Å²) >= 11 is 0. The van der Waals surface area contributed by atoms with Crippen molar-refractivity contribution < 1.29 is 33.3 Å². The molecular weight excluding hydrogens is 460 g/mol. The minimum absolute atomic E-state index is 0.0154. The Morgan fingerprint density at radius 3 is 2.17 bits per heavy atom. The van der Waals surface area contributed by atoms with Crippen LogP contribution in [-0.2, 0) is 5.41 Å². The van der Waals surface area contributed by atoms with Gasteiger partial charge in [0.05, 0.1) is 32.5 Å². The molecule has 0 saturated heterocycles. The van der Waals surface area contributed by atoms with Crippen LogP contribution in [-0.4, -0.2) is 33.1 Å². The maximum Gasteiger partial charge on any atom is 0.343 e. The number of fused-ring (bicyclic) bond motifs is 1. The topological polar surface area (TPSA) is 80.3 Å². The first-order valence-electron chi connectivity index (χ1n) is 11.4. The van der Waals surface area contributed by atoms with E-state index < -0.39 is 5.97 Å². The third kappa shape index (κ3) is 4.77. The van der Waals surface area contributed by atoms with Gasteiger partial charge >= 0.3 is 5.97 Å². The predicted molar refractivity (Wildman–Crippen MR) is 136 cm³/mol. The molecule has 36 heavy (non-hydrogen) atoms. The minimum atomic E-state index is -0.495. The van der Waals surface area contributed by atoms with Crippen molar-refractivity contribution in [2.75, 3.05) is 21.3 Å². The van der Waals surface area contributed by atoms with Crippen LogP contribution in [0.25, 0.3) is 6.08 Å². The normalized spacial score (nSPS) is 13.7. The average Bonchev–Trinajstić information content (AvgIpc) is 3.17. The number of Topliss-reactive ketones (excluding diaryl/α,β-unsaturated/α-hetero) is 1. The number of hydrogen-bond acceptors (Lipinski definition) is 7. The Morgan fingerprint density at radius 1 is 0.861 bits per heavy atom. The Labute approximate surface area is 210 Å². The van der Waals surface area contributed by atoms with Gasteiger partial charge < -0.3 is 23.7 Å². The van der Waals surface area contributed by atoms with E-state index in [1.54, 1.807) is 42.5 Å². The number of benzene rings is 3. The van der Waals surface area contributed by atoms with Gasteiger partial charge in [0.2, 0.25) is 11.5 Å². The van der Waals surface area contributed by atoms with Gasteiger partial charge in [-0.15, -0.1) is 0 Å². The first-order chi connectivity index (χ1) is 17.2. The van der Waals surface area contributed by atoms with Gasteiger partial charge in [0.25, 0.3) is 0 Å². The molecule has 0 atom stereocenters. The Hall–Kier alpha value is -4.26. The van der Waals surface area contributed by atoms with Gasteiger partial charge in [-0.25, -0.2) is 4.79 Å². The molecule has 4 rings (SSSR count). The fourth-order valence-electron chi connectivity index (χ4n) is 3.88. The summed E-state index contributed by atoms with van der Waals surface area (Å²) in [6.07, 6.45) is 1.57. The monoisotopic (exact) mass is 488 g/mol. The van der Waals surface area contributed by atoms with Crippen LogP contribution < -0.4 is 23.7 Å². The van der Waals surface area contributed by atoms with E-state index in [2.05, 4.69) is 20.8 Å². The molecule has 0 saturated carbocycles. The maximum atomic E-state index is 12.9. The highest BCUT2D eigenvalue weighted by atomic mass is 16.5. The first kappa shape index (κ1) is 24.9. The molecule has 1 aliphatic heterocycles. The van der Waals surface area contributed by atoms with Crippen molar-refractivity contribution in [2.45, 2.75) is 26.2 Å². The lowest BCUT2D eigenvalue weighted by Gasteiger charge is -2.18. The number of carbonyl (C=O) groups is 2. The van der Waals surface area contributed by atoms with Crippen LogP contribution in [0.3, 0.4) is 0 Å². The molecule has 0 N–H and O–H groups in total. The smallest absolute Gasteiger partial charge is 0.343 e. The van der Waals surface area contributed by atoms with Gasteiger partial charge in [0, 0.05) is 11.6 Å². The number of allylic oxidation sites excluding steroid dienone is 1. The van der Waals surface area contributed by atoms with Gasteiger partial charge in [0.1, 0.15) is 11.5 Å². The molecule has 7 nitrogen and oxygen atoms in total. The zero-order valence-corrected chi connectivity index (χ0v) is 21.1. The van der Waals surface area contributed by atoms with Crippen molar-refractivity contribution in [2.24, 2.45) is 0 Å². The molecule has 0 radical (unpaired) electrons. The molecule has 7 heteroatoms. The largest absolute Gasteiger partial charge is 0.493 e. The van der Waals surface area contributed by atoms with Crippen LogP contribution in [0.2, 0.25) is 0 Å². The highest BCUT2D eigenvalue weighted by Crippen LogP contribution is 2.42. The summed E-state index contributed by atoms with van der Waals surface area (Å²) in [6.45, 7) is 6.32. The minimum Gasteiger partial charge on any atom is -0.493 e. The number of ketones is 1. The van der Waals surface area contributed by atoms with Gasteiger partial charge in [-0.3, -0.25) is 4.79 Å². The molecule has 0 spiro atoms. The van der Waals surface area contributed by atoms with Gasteiger partial charge in [-0.1, -0.05) is 32.9 Å². The maximum absolute atomic E-state index is 12.9. The van der Waals surface area contributed by atoms with Crippen molar-refractivity contribution in [1.82, 2.24) is 0 Å². The van der Waals surface area contributed by atoms with Crippen molar-refractivity contribution in [3.8, 4) is 28.7 Å². The number of rotatable bonds is 6. The van der Waals surface area contributed by atoms with Crippen LogP contribution in [0, 0.1) is 0 Å². The Balaban J connectivity index is 1.56. The van der Waals surface area contributed by atoms with Crippen molar-refractivity contribution in [3.63, 3.8) is 0 Å². The number of ether oxygens (including phenoxy) is 5. The van der Waals surface area contributed by atoms with Crippen molar-refractivity contribution in [1.29, 1.82) is 0 Å². The Morgan fingerprint density at radius 2 is 1.56 bits per heavy atom. The summed E-state index contributed by atoms with van der Waals surface area (Å²) in [5, 5.41) is 0. The van der Waals surface area contributed by atoms with Crippen LogP contribution in [0.4, 0.5) is 0 Å². The quantitative estimate of drug-likeness (QED) is 0.245. The van der Waals surface area contributed by atoms with Crippen molar-refractivity contribution in [3.05, 3.63) is 82.6 Å². The molecule has 186 valence electrons. The lowest BCUT2D eigenvalue weighted by Crippen LogP contribution is -2.12. The second-order valence-electron chi connectivity index (χ2n) is 9.24. The van der Waals surface area contributed by atoms with E-state index in [1.807, 2.05) is 12.1 Å². The predicted octanol–water partition coefficient (Wildman–Crippen LogP) is 5.85. The fraction of sp³-hybridized carbons (Fsp3) is 0.241. The second kappa shape index (κ2) is 9.77. The van der Waals surface area contributed by atoms with E-state index in [9.17, 15) is 9.59 Å². The summed E-state index contributed by atoms with van der Waals surface area (Å²) in [7, 11) is 4.54. The second-order valence-corrected chi connectivity index (χ2v) is 9.24. The summed E-state index contributed by atoms with van der Waals surface area (Å²) in [5.74, 6) is 1.21. The molecule has 3 aromatic carbocycles. The van der Waals surface area contributed by atoms with E-state index in [-0.39, 0.29) is 22.7 Å². The summed E-state index contributed by atoms with van der Waals surface area (Å²) in [6, 6.07) is 15.5. The van der Waals surface area contributed by atoms with E-state index in [4.69, 9.17) is 23.7 Å². The zero-order chi connectivity index (χ0) is 26.0. The van der Waals surface area contributed by atoms with Gasteiger partial charge in [-0.05, 0) is 53.5 Å². The molecule has 0 fully saturated rings.